The van der Waals surface area contributed by atoms with Crippen LogP contribution in [0.25, 0.3) is 11.8 Å². The molecule has 1 N–H and O–H groups in total. The first-order valence-corrected chi connectivity index (χ1v) is 5.89. The van der Waals surface area contributed by atoms with Gasteiger partial charge in [0.1, 0.15) is 0 Å². The summed E-state index contributed by atoms with van der Waals surface area (Å²) in [6.07, 6.45) is 3.90. The Labute approximate surface area is 91.1 Å². The molecule has 0 heterocycles. The van der Waals surface area contributed by atoms with Crippen molar-refractivity contribution in [1.82, 2.24) is 4.31 Å². The molecule has 0 aliphatic heterocycles. The molecule has 0 bridgehead atoms. The van der Waals surface area contributed by atoms with Gasteiger partial charge in [0.05, 0.1) is 0 Å². The summed E-state index contributed by atoms with van der Waals surface area (Å²) in [5, 5.41) is 2.21. The number of fused-ring (bicyclic) bond motifs is 1. The van der Waals surface area contributed by atoms with Crippen LogP contribution in [0.5, 0.6) is 0 Å². The minimum Gasteiger partial charge on any atom is -0.289 e. The van der Waals surface area contributed by atoms with Crippen molar-refractivity contribution >= 4 is 23.0 Å². The normalized spacial score (nSPS) is 16.5. The van der Waals surface area contributed by atoms with Gasteiger partial charge in [0, 0.05) is 18.0 Å². The summed E-state index contributed by atoms with van der Waals surface area (Å²) in [4.78, 5) is 0. The predicted molar refractivity (Wildman–Crippen MR) is 61.3 cm³/mol. The first-order valence-electron chi connectivity index (χ1n) is 4.83. The van der Waals surface area contributed by atoms with Crippen LogP contribution in [0.2, 0.25) is 0 Å². The van der Waals surface area contributed by atoms with Gasteiger partial charge >= 0.3 is 0 Å². The molecule has 4 heteroatoms. The van der Waals surface area contributed by atoms with Crippen molar-refractivity contribution in [1.29, 1.82) is 0 Å². The van der Waals surface area contributed by atoms with Crippen LogP contribution in [0.1, 0.15) is 12.8 Å². The Morgan fingerprint density at radius 2 is 2.13 bits per heavy atom. The Hall–Kier alpha value is -1.13. The van der Waals surface area contributed by atoms with Gasteiger partial charge in [-0.25, -0.2) is 4.21 Å². The van der Waals surface area contributed by atoms with E-state index in [0.717, 1.165) is 29.0 Å². The quantitative estimate of drug-likeness (QED) is 0.739. The molecule has 1 aromatic carbocycles. The van der Waals surface area contributed by atoms with Crippen molar-refractivity contribution < 1.29 is 8.76 Å². The third-order valence-corrected chi connectivity index (χ3v) is 3.32. The smallest absolute Gasteiger partial charge is 0.261 e. The van der Waals surface area contributed by atoms with Gasteiger partial charge < -0.3 is 0 Å². The summed E-state index contributed by atoms with van der Waals surface area (Å²) in [6.45, 7) is 0. The van der Waals surface area contributed by atoms with Gasteiger partial charge in [-0.3, -0.25) is 8.86 Å². The average molecular weight is 223 g/mol. The number of hydrogen-bond acceptors (Lipinski definition) is 1. The molecule has 1 unspecified atom stereocenters. The maximum atomic E-state index is 11.0. The fourth-order valence-electron chi connectivity index (χ4n) is 1.86. The number of benzene rings is 1. The monoisotopic (exact) mass is 223 g/mol. The van der Waals surface area contributed by atoms with Crippen molar-refractivity contribution in [2.45, 2.75) is 12.8 Å². The second kappa shape index (κ2) is 4.16. The molecule has 1 aliphatic carbocycles. The summed E-state index contributed by atoms with van der Waals surface area (Å²) in [6, 6.07) is 7.95. The highest BCUT2D eigenvalue weighted by Crippen LogP contribution is 2.12. The Bertz CT molecular complexity index is 510. The lowest BCUT2D eigenvalue weighted by atomic mass is 10.1. The largest absolute Gasteiger partial charge is 0.289 e. The van der Waals surface area contributed by atoms with Crippen LogP contribution in [-0.2, 0) is 11.3 Å². The molecule has 0 aromatic heterocycles. The maximum absolute atomic E-state index is 11.0. The van der Waals surface area contributed by atoms with Gasteiger partial charge in [0.25, 0.3) is 11.3 Å². The second-order valence-electron chi connectivity index (χ2n) is 3.50. The molecular weight excluding hydrogens is 210 g/mol. The first kappa shape index (κ1) is 10.4. The topological polar surface area (TPSA) is 40.5 Å². The van der Waals surface area contributed by atoms with E-state index >= 15 is 0 Å². The summed E-state index contributed by atoms with van der Waals surface area (Å²) in [5.41, 5.74) is 0.939. The Kier molecular flexibility index (Phi) is 2.88. The van der Waals surface area contributed by atoms with Crippen LogP contribution in [0.15, 0.2) is 24.3 Å². The van der Waals surface area contributed by atoms with Crippen molar-refractivity contribution in [2.75, 3.05) is 7.05 Å². The van der Waals surface area contributed by atoms with E-state index in [1.54, 1.807) is 7.05 Å². The van der Waals surface area contributed by atoms with E-state index in [4.69, 9.17) is 4.55 Å². The molecular formula is C11H13NO2S. The number of nitrogens with zero attached hydrogens (tertiary/aromatic N) is 1. The van der Waals surface area contributed by atoms with Crippen LogP contribution in [0, 0.1) is 0 Å². The van der Waals surface area contributed by atoms with Crippen LogP contribution in [0.3, 0.4) is 0 Å². The molecule has 0 saturated heterocycles. The third-order valence-electron chi connectivity index (χ3n) is 2.63. The first-order chi connectivity index (χ1) is 7.20. The molecule has 0 saturated carbocycles. The standard InChI is InChI=1S/C11H13NO2S/c1-12(15(13)14)11-8-4-6-9-5-2-3-7-10(9)11/h2-3,5-7H,4,8H2,1H3,(H,13,14). The Morgan fingerprint density at radius 3 is 2.87 bits per heavy atom. The van der Waals surface area contributed by atoms with Crippen molar-refractivity contribution in [3.05, 3.63) is 34.7 Å². The lowest BCUT2D eigenvalue weighted by Gasteiger charge is -2.19. The van der Waals surface area contributed by atoms with E-state index in [0.29, 0.717) is 0 Å². The highest BCUT2D eigenvalue weighted by atomic mass is 32.2. The molecule has 3 nitrogen and oxygen atoms in total. The third kappa shape index (κ3) is 1.96. The Balaban J connectivity index is 2.66. The number of rotatable bonds is 2. The van der Waals surface area contributed by atoms with Gasteiger partial charge in [0.2, 0.25) is 0 Å². The highest BCUT2D eigenvalue weighted by molar-refractivity contribution is 7.77. The molecule has 0 radical (unpaired) electrons. The summed E-state index contributed by atoms with van der Waals surface area (Å²) in [7, 11) is 1.65. The van der Waals surface area contributed by atoms with Crippen molar-refractivity contribution in [2.24, 2.45) is 0 Å². The van der Waals surface area contributed by atoms with E-state index in [1.807, 2.05) is 24.3 Å². The molecule has 0 amide bonds. The van der Waals surface area contributed by atoms with Crippen LogP contribution in [0.4, 0.5) is 0 Å². The minimum atomic E-state index is -1.93. The van der Waals surface area contributed by atoms with Gasteiger partial charge in [-0.1, -0.05) is 30.3 Å². The van der Waals surface area contributed by atoms with Gasteiger partial charge in [-0.2, -0.15) is 0 Å². The van der Waals surface area contributed by atoms with E-state index in [9.17, 15) is 4.21 Å². The zero-order chi connectivity index (χ0) is 10.8. The molecule has 1 aliphatic rings. The Morgan fingerprint density at radius 1 is 1.40 bits per heavy atom. The van der Waals surface area contributed by atoms with E-state index in [-0.39, 0.29) is 0 Å². The SMILES string of the molecule is CN(C1=c2ccccc2=CCC1)S(=O)O. The van der Waals surface area contributed by atoms with Gasteiger partial charge in [-0.05, 0) is 18.1 Å². The predicted octanol–water partition coefficient (Wildman–Crippen LogP) is 0.438. The fourth-order valence-corrected chi connectivity index (χ4v) is 2.24. The maximum Gasteiger partial charge on any atom is 0.261 e. The summed E-state index contributed by atoms with van der Waals surface area (Å²) >= 11 is -1.93. The van der Waals surface area contributed by atoms with Gasteiger partial charge in [0.15, 0.2) is 0 Å². The summed E-state index contributed by atoms with van der Waals surface area (Å²) in [5.74, 6) is 0. The zero-order valence-corrected chi connectivity index (χ0v) is 9.33. The van der Waals surface area contributed by atoms with Crippen molar-refractivity contribution in [3.63, 3.8) is 0 Å². The number of hydrogen-bond donors (Lipinski definition) is 1. The van der Waals surface area contributed by atoms with E-state index in [2.05, 4.69) is 6.08 Å². The van der Waals surface area contributed by atoms with Crippen molar-refractivity contribution in [3.8, 4) is 0 Å². The van der Waals surface area contributed by atoms with E-state index in [1.165, 1.54) is 4.31 Å². The van der Waals surface area contributed by atoms with Crippen LogP contribution >= 0.6 is 0 Å². The van der Waals surface area contributed by atoms with Gasteiger partial charge in [-0.15, -0.1) is 0 Å². The molecule has 15 heavy (non-hydrogen) atoms. The van der Waals surface area contributed by atoms with Crippen LogP contribution < -0.4 is 10.4 Å². The second-order valence-corrected chi connectivity index (χ2v) is 4.51. The molecule has 2 rings (SSSR count). The molecule has 0 fully saturated rings. The highest BCUT2D eigenvalue weighted by Gasteiger charge is 2.12. The molecule has 1 aromatic rings. The molecule has 1 atom stereocenters. The van der Waals surface area contributed by atoms with E-state index < -0.39 is 11.3 Å². The zero-order valence-electron chi connectivity index (χ0n) is 8.51. The lowest BCUT2D eigenvalue weighted by Crippen LogP contribution is -2.35. The fraction of sp³-hybridized carbons (Fsp3) is 0.273. The average Bonchev–Trinajstić information content (AvgIpc) is 2.27. The van der Waals surface area contributed by atoms with Crippen LogP contribution in [-0.4, -0.2) is 20.1 Å². The lowest BCUT2D eigenvalue weighted by molar-refractivity contribution is 0.507. The molecule has 0 spiro atoms. The minimum absolute atomic E-state index is 0.819. The molecule has 80 valence electrons. The summed E-state index contributed by atoms with van der Waals surface area (Å²) < 4.78 is 21.5.